The van der Waals surface area contributed by atoms with Crippen molar-refractivity contribution in [3.05, 3.63) is 0 Å². The summed E-state index contributed by atoms with van der Waals surface area (Å²) in [7, 11) is 1.66. The van der Waals surface area contributed by atoms with Crippen molar-refractivity contribution in [2.24, 2.45) is 11.8 Å². The zero-order valence-corrected chi connectivity index (χ0v) is 11.6. The van der Waals surface area contributed by atoms with Crippen LogP contribution in [0.2, 0.25) is 0 Å². The van der Waals surface area contributed by atoms with Gasteiger partial charge in [-0.3, -0.25) is 0 Å². The summed E-state index contributed by atoms with van der Waals surface area (Å²) < 4.78 is 10.5. The third-order valence-corrected chi connectivity index (χ3v) is 3.51. The predicted octanol–water partition coefficient (Wildman–Crippen LogP) is 0.987. The number of β-amino-alcohol motifs (C(OH)–C–C–N with tert-alkyl or cyclic N) is 1. The Morgan fingerprint density at radius 3 is 2.35 bits per heavy atom. The molecule has 0 spiro atoms. The normalized spacial score (nSPS) is 29.5. The van der Waals surface area contributed by atoms with Gasteiger partial charge in [-0.15, -0.1) is 0 Å². The van der Waals surface area contributed by atoms with Gasteiger partial charge >= 0.3 is 0 Å². The van der Waals surface area contributed by atoms with Crippen molar-refractivity contribution in [2.75, 3.05) is 40.0 Å². The fourth-order valence-corrected chi connectivity index (χ4v) is 2.31. The van der Waals surface area contributed by atoms with Gasteiger partial charge in [0, 0.05) is 26.7 Å². The topological polar surface area (TPSA) is 41.9 Å². The Morgan fingerprint density at radius 1 is 1.24 bits per heavy atom. The summed E-state index contributed by atoms with van der Waals surface area (Å²) in [5.74, 6) is 1.46. The van der Waals surface area contributed by atoms with Crippen molar-refractivity contribution in [1.82, 2.24) is 4.90 Å². The van der Waals surface area contributed by atoms with Gasteiger partial charge in [-0.2, -0.15) is 0 Å². The first-order valence-electron chi connectivity index (χ1n) is 6.53. The molecule has 4 unspecified atom stereocenters. The molecule has 1 heterocycles. The fraction of sp³-hybridized carbons (Fsp3) is 1.00. The van der Waals surface area contributed by atoms with Gasteiger partial charge in [-0.05, 0) is 18.8 Å². The van der Waals surface area contributed by atoms with E-state index in [9.17, 15) is 5.11 Å². The Hall–Kier alpha value is -0.160. The number of nitrogens with zero attached hydrogens (tertiary/aromatic N) is 1. The van der Waals surface area contributed by atoms with Gasteiger partial charge in [-0.25, -0.2) is 0 Å². The molecule has 0 bridgehead atoms. The lowest BCUT2D eigenvalue weighted by molar-refractivity contribution is -0.0385. The molecule has 1 aliphatic rings. The minimum Gasteiger partial charge on any atom is -0.389 e. The molecule has 4 atom stereocenters. The quantitative estimate of drug-likeness (QED) is 0.726. The van der Waals surface area contributed by atoms with Gasteiger partial charge in [0.15, 0.2) is 0 Å². The van der Waals surface area contributed by atoms with E-state index in [1.54, 1.807) is 7.11 Å². The predicted molar refractivity (Wildman–Crippen MR) is 68.1 cm³/mol. The molecule has 1 N–H and O–H groups in total. The van der Waals surface area contributed by atoms with E-state index in [0.717, 1.165) is 24.9 Å². The average molecular weight is 245 g/mol. The zero-order valence-electron chi connectivity index (χ0n) is 11.6. The lowest BCUT2D eigenvalue weighted by Gasteiger charge is -2.21. The van der Waals surface area contributed by atoms with E-state index in [1.165, 1.54) is 0 Å². The molecule has 0 saturated carbocycles. The number of aliphatic hydroxyl groups is 1. The number of hydrogen-bond donors (Lipinski definition) is 1. The Morgan fingerprint density at radius 2 is 1.82 bits per heavy atom. The van der Waals surface area contributed by atoms with Gasteiger partial charge in [0.1, 0.15) is 0 Å². The second kappa shape index (κ2) is 7.31. The van der Waals surface area contributed by atoms with Crippen molar-refractivity contribution >= 4 is 0 Å². The fourth-order valence-electron chi connectivity index (χ4n) is 2.31. The molecular weight excluding hydrogens is 218 g/mol. The number of hydrogen-bond acceptors (Lipinski definition) is 4. The zero-order chi connectivity index (χ0) is 12.8. The SMILES string of the molecule is COCC(C)OCC(O)CN1CC(C)C(C)C1. The summed E-state index contributed by atoms with van der Waals surface area (Å²) in [5, 5.41) is 9.89. The van der Waals surface area contributed by atoms with Crippen molar-refractivity contribution in [3.63, 3.8) is 0 Å². The summed E-state index contributed by atoms with van der Waals surface area (Å²) >= 11 is 0. The standard InChI is InChI=1S/C13H27NO3/c1-10-5-14(6-11(10)2)7-13(15)9-17-12(3)8-16-4/h10-13,15H,5-9H2,1-4H3. The number of rotatable bonds is 7. The number of aliphatic hydroxyl groups excluding tert-OH is 1. The van der Waals surface area contributed by atoms with E-state index < -0.39 is 6.10 Å². The molecule has 0 aromatic heterocycles. The summed E-state index contributed by atoms with van der Waals surface area (Å²) in [4.78, 5) is 2.32. The minimum atomic E-state index is -0.396. The lowest BCUT2D eigenvalue weighted by atomic mass is 10.0. The molecule has 0 aromatic carbocycles. The maximum Gasteiger partial charge on any atom is 0.0900 e. The highest BCUT2D eigenvalue weighted by Crippen LogP contribution is 2.21. The molecule has 4 heteroatoms. The van der Waals surface area contributed by atoms with Crippen LogP contribution in [-0.4, -0.2) is 62.2 Å². The van der Waals surface area contributed by atoms with Crippen LogP contribution >= 0.6 is 0 Å². The van der Waals surface area contributed by atoms with Crippen LogP contribution in [0.5, 0.6) is 0 Å². The van der Waals surface area contributed by atoms with Crippen LogP contribution in [0.3, 0.4) is 0 Å². The van der Waals surface area contributed by atoms with Crippen LogP contribution < -0.4 is 0 Å². The van der Waals surface area contributed by atoms with Gasteiger partial charge in [-0.1, -0.05) is 13.8 Å². The summed E-state index contributed by atoms with van der Waals surface area (Å²) in [5.41, 5.74) is 0. The maximum atomic E-state index is 9.89. The molecular formula is C13H27NO3. The van der Waals surface area contributed by atoms with E-state index in [1.807, 2.05) is 6.92 Å². The summed E-state index contributed by atoms with van der Waals surface area (Å²) in [6.45, 7) is 10.4. The van der Waals surface area contributed by atoms with Gasteiger partial charge < -0.3 is 19.5 Å². The molecule has 1 rings (SSSR count). The molecule has 0 radical (unpaired) electrons. The third-order valence-electron chi connectivity index (χ3n) is 3.51. The first kappa shape index (κ1) is 14.9. The second-order valence-corrected chi connectivity index (χ2v) is 5.43. The van der Waals surface area contributed by atoms with Crippen LogP contribution in [0.15, 0.2) is 0 Å². The molecule has 0 aliphatic carbocycles. The van der Waals surface area contributed by atoms with E-state index in [-0.39, 0.29) is 6.10 Å². The summed E-state index contributed by atoms with van der Waals surface area (Å²) in [6, 6.07) is 0. The van der Waals surface area contributed by atoms with Crippen molar-refractivity contribution < 1.29 is 14.6 Å². The van der Waals surface area contributed by atoms with Crippen LogP contribution in [0, 0.1) is 11.8 Å². The van der Waals surface area contributed by atoms with E-state index in [2.05, 4.69) is 18.7 Å². The molecule has 0 aromatic rings. The van der Waals surface area contributed by atoms with Crippen LogP contribution in [0.25, 0.3) is 0 Å². The van der Waals surface area contributed by atoms with Crippen molar-refractivity contribution in [1.29, 1.82) is 0 Å². The van der Waals surface area contributed by atoms with Gasteiger partial charge in [0.05, 0.1) is 25.4 Å². The highest BCUT2D eigenvalue weighted by atomic mass is 16.5. The smallest absolute Gasteiger partial charge is 0.0900 e. The van der Waals surface area contributed by atoms with E-state index in [0.29, 0.717) is 19.8 Å². The largest absolute Gasteiger partial charge is 0.389 e. The Kier molecular flexibility index (Phi) is 6.41. The third kappa shape index (κ3) is 5.34. The molecule has 0 amide bonds. The highest BCUT2D eigenvalue weighted by molar-refractivity contribution is 4.79. The summed E-state index contributed by atoms with van der Waals surface area (Å²) in [6.07, 6.45) is -0.349. The van der Waals surface area contributed by atoms with Gasteiger partial charge in [0.2, 0.25) is 0 Å². The maximum absolute atomic E-state index is 9.89. The molecule has 1 aliphatic heterocycles. The van der Waals surface area contributed by atoms with Crippen molar-refractivity contribution in [3.8, 4) is 0 Å². The van der Waals surface area contributed by atoms with Crippen LogP contribution in [0.1, 0.15) is 20.8 Å². The molecule has 1 saturated heterocycles. The monoisotopic (exact) mass is 245 g/mol. The van der Waals surface area contributed by atoms with Crippen molar-refractivity contribution in [2.45, 2.75) is 33.0 Å². The van der Waals surface area contributed by atoms with Gasteiger partial charge in [0.25, 0.3) is 0 Å². The highest BCUT2D eigenvalue weighted by Gasteiger charge is 2.27. The lowest BCUT2D eigenvalue weighted by Crippen LogP contribution is -2.34. The number of ether oxygens (including phenoxy) is 2. The number of methoxy groups -OCH3 is 1. The van der Waals surface area contributed by atoms with E-state index in [4.69, 9.17) is 9.47 Å². The Balaban J connectivity index is 2.15. The molecule has 1 fully saturated rings. The first-order chi connectivity index (χ1) is 8.02. The molecule has 17 heavy (non-hydrogen) atoms. The average Bonchev–Trinajstić information content (AvgIpc) is 2.55. The molecule has 102 valence electrons. The molecule has 4 nitrogen and oxygen atoms in total. The Bertz CT molecular complexity index is 203. The minimum absolute atomic E-state index is 0.0473. The first-order valence-corrected chi connectivity index (χ1v) is 6.53. The Labute approximate surface area is 105 Å². The van der Waals surface area contributed by atoms with E-state index >= 15 is 0 Å². The van der Waals surface area contributed by atoms with Crippen LogP contribution in [0.4, 0.5) is 0 Å². The van der Waals surface area contributed by atoms with Crippen LogP contribution in [-0.2, 0) is 9.47 Å². The number of likely N-dealkylation sites (tertiary alicyclic amines) is 1. The second-order valence-electron chi connectivity index (χ2n) is 5.43.